The topological polar surface area (TPSA) is 70.5 Å². The van der Waals surface area contributed by atoms with Gasteiger partial charge in [-0.3, -0.25) is 9.78 Å². The molecule has 0 spiro atoms. The van der Waals surface area contributed by atoms with Crippen molar-refractivity contribution in [3.63, 3.8) is 0 Å². The zero-order valence-corrected chi connectivity index (χ0v) is 10.4. The van der Waals surface area contributed by atoms with E-state index in [2.05, 4.69) is 4.98 Å². The average molecular weight is 248 g/mol. The Kier molecular flexibility index (Phi) is 3.32. The zero-order valence-electron chi connectivity index (χ0n) is 10.4. The summed E-state index contributed by atoms with van der Waals surface area (Å²) >= 11 is 0. The van der Waals surface area contributed by atoms with Gasteiger partial charge in [-0.2, -0.15) is 0 Å². The van der Waals surface area contributed by atoms with Crippen LogP contribution in [0.3, 0.4) is 0 Å². The Labute approximate surface area is 105 Å². The fraction of sp³-hybridized carbons (Fsp3) is 0.462. The molecule has 1 N–H and O–H groups in total. The molecule has 96 valence electrons. The number of aliphatic carboxylic acids is 1. The van der Waals surface area contributed by atoms with Crippen LogP contribution >= 0.6 is 0 Å². The number of hydrogen-bond acceptors (Lipinski definition) is 3. The van der Waals surface area contributed by atoms with E-state index in [4.69, 9.17) is 5.11 Å². The van der Waals surface area contributed by atoms with Crippen LogP contribution in [0, 0.1) is 5.92 Å². The highest BCUT2D eigenvalue weighted by atomic mass is 16.4. The first-order valence-corrected chi connectivity index (χ1v) is 5.91. The SMILES string of the molecule is CC(C(=O)O)N(C)C(=O)C1CC1c1cccnc1. The van der Waals surface area contributed by atoms with E-state index in [1.54, 1.807) is 19.4 Å². The van der Waals surface area contributed by atoms with Crippen molar-refractivity contribution in [1.29, 1.82) is 0 Å². The van der Waals surface area contributed by atoms with Gasteiger partial charge in [-0.15, -0.1) is 0 Å². The van der Waals surface area contributed by atoms with Crippen LogP contribution in [0.1, 0.15) is 24.8 Å². The van der Waals surface area contributed by atoms with Gasteiger partial charge in [0.25, 0.3) is 0 Å². The molecule has 0 radical (unpaired) electrons. The molecular weight excluding hydrogens is 232 g/mol. The first-order valence-electron chi connectivity index (χ1n) is 5.91. The monoisotopic (exact) mass is 248 g/mol. The van der Waals surface area contributed by atoms with Crippen molar-refractivity contribution in [3.05, 3.63) is 30.1 Å². The second-order valence-electron chi connectivity index (χ2n) is 4.70. The minimum atomic E-state index is -0.982. The lowest BCUT2D eigenvalue weighted by Gasteiger charge is -2.21. The summed E-state index contributed by atoms with van der Waals surface area (Å²) in [6.07, 6.45) is 4.24. The number of carboxylic acids is 1. The molecule has 1 aliphatic rings. The zero-order chi connectivity index (χ0) is 13.3. The Morgan fingerprint density at radius 1 is 1.56 bits per heavy atom. The quantitative estimate of drug-likeness (QED) is 0.866. The third kappa shape index (κ3) is 2.34. The Balaban J connectivity index is 1.99. The van der Waals surface area contributed by atoms with Crippen LogP contribution < -0.4 is 0 Å². The molecule has 1 fully saturated rings. The summed E-state index contributed by atoms with van der Waals surface area (Å²) in [6.45, 7) is 1.52. The van der Waals surface area contributed by atoms with Crippen LogP contribution in [0.5, 0.6) is 0 Å². The van der Waals surface area contributed by atoms with Crippen molar-refractivity contribution < 1.29 is 14.7 Å². The van der Waals surface area contributed by atoms with Crippen LogP contribution in [-0.2, 0) is 9.59 Å². The van der Waals surface area contributed by atoms with Crippen LogP contribution in [0.15, 0.2) is 24.5 Å². The Hall–Kier alpha value is -1.91. The molecule has 0 aliphatic heterocycles. The molecule has 5 heteroatoms. The highest BCUT2D eigenvalue weighted by Crippen LogP contribution is 2.48. The van der Waals surface area contributed by atoms with Crippen LogP contribution in [0.4, 0.5) is 0 Å². The van der Waals surface area contributed by atoms with Gasteiger partial charge in [0.05, 0.1) is 0 Å². The van der Waals surface area contributed by atoms with Gasteiger partial charge < -0.3 is 10.0 Å². The lowest BCUT2D eigenvalue weighted by atomic mass is 10.1. The summed E-state index contributed by atoms with van der Waals surface area (Å²) in [5, 5.41) is 8.88. The molecule has 1 saturated carbocycles. The number of carbonyl (C=O) groups is 2. The highest BCUT2D eigenvalue weighted by molar-refractivity contribution is 5.87. The number of aromatic nitrogens is 1. The molecule has 1 aromatic heterocycles. The van der Waals surface area contributed by atoms with Gasteiger partial charge in [0.2, 0.25) is 5.91 Å². The van der Waals surface area contributed by atoms with E-state index in [-0.39, 0.29) is 17.7 Å². The second kappa shape index (κ2) is 4.76. The standard InChI is InChI=1S/C13H16N2O3/c1-8(13(17)18)15(2)12(16)11-6-10(11)9-4-3-5-14-7-9/h3-5,7-8,10-11H,6H2,1-2H3,(H,17,18). The third-order valence-corrected chi connectivity index (χ3v) is 3.51. The summed E-state index contributed by atoms with van der Waals surface area (Å²) in [5.74, 6) is -0.987. The molecular formula is C13H16N2O3. The maximum atomic E-state index is 12.1. The first-order chi connectivity index (χ1) is 8.52. The molecule has 18 heavy (non-hydrogen) atoms. The smallest absolute Gasteiger partial charge is 0.326 e. The molecule has 0 saturated heterocycles. The van der Waals surface area contributed by atoms with Gasteiger partial charge in [0, 0.05) is 25.4 Å². The molecule has 5 nitrogen and oxygen atoms in total. The normalized spacial score (nSPS) is 23.2. The highest BCUT2D eigenvalue weighted by Gasteiger charge is 2.46. The maximum Gasteiger partial charge on any atom is 0.326 e. The number of carbonyl (C=O) groups excluding carboxylic acids is 1. The predicted octanol–water partition coefficient (Wildman–Crippen LogP) is 1.12. The molecule has 1 amide bonds. The van der Waals surface area contributed by atoms with E-state index < -0.39 is 12.0 Å². The average Bonchev–Trinajstić information content (AvgIpc) is 3.17. The second-order valence-corrected chi connectivity index (χ2v) is 4.70. The lowest BCUT2D eigenvalue weighted by Crippen LogP contribution is -2.41. The number of carboxylic acid groups (broad SMARTS) is 1. The Morgan fingerprint density at radius 2 is 2.28 bits per heavy atom. The Bertz CT molecular complexity index is 461. The largest absolute Gasteiger partial charge is 0.480 e. The number of hydrogen-bond donors (Lipinski definition) is 1. The van der Waals surface area contributed by atoms with Crippen LogP contribution in [-0.4, -0.2) is 40.0 Å². The van der Waals surface area contributed by atoms with Crippen molar-refractivity contribution in [2.24, 2.45) is 5.92 Å². The van der Waals surface area contributed by atoms with Crippen molar-refractivity contribution in [3.8, 4) is 0 Å². The van der Waals surface area contributed by atoms with Crippen molar-refractivity contribution in [2.45, 2.75) is 25.3 Å². The molecule has 0 aromatic carbocycles. The van der Waals surface area contributed by atoms with E-state index in [9.17, 15) is 9.59 Å². The molecule has 0 bridgehead atoms. The predicted molar refractivity (Wildman–Crippen MR) is 65.0 cm³/mol. The van der Waals surface area contributed by atoms with Gasteiger partial charge in [-0.25, -0.2) is 4.79 Å². The summed E-state index contributed by atoms with van der Waals surface area (Å²) in [5.41, 5.74) is 1.05. The summed E-state index contributed by atoms with van der Waals surface area (Å²) in [7, 11) is 1.54. The molecule has 1 heterocycles. The van der Waals surface area contributed by atoms with Crippen molar-refractivity contribution >= 4 is 11.9 Å². The summed E-state index contributed by atoms with van der Waals surface area (Å²) < 4.78 is 0. The molecule has 1 aromatic rings. The summed E-state index contributed by atoms with van der Waals surface area (Å²) in [6, 6.07) is 3.01. The van der Waals surface area contributed by atoms with Gasteiger partial charge in [-0.05, 0) is 30.9 Å². The van der Waals surface area contributed by atoms with E-state index in [1.165, 1.54) is 11.8 Å². The van der Waals surface area contributed by atoms with Crippen molar-refractivity contribution in [1.82, 2.24) is 9.88 Å². The van der Waals surface area contributed by atoms with Gasteiger partial charge in [-0.1, -0.05) is 6.07 Å². The minimum Gasteiger partial charge on any atom is -0.480 e. The number of pyridine rings is 1. The lowest BCUT2D eigenvalue weighted by molar-refractivity contribution is -0.148. The van der Waals surface area contributed by atoms with E-state index in [0.717, 1.165) is 12.0 Å². The van der Waals surface area contributed by atoms with Gasteiger partial charge >= 0.3 is 5.97 Å². The van der Waals surface area contributed by atoms with E-state index in [1.807, 2.05) is 12.1 Å². The maximum absolute atomic E-state index is 12.1. The number of nitrogens with zero attached hydrogens (tertiary/aromatic N) is 2. The minimum absolute atomic E-state index is 0.0963. The molecule has 3 atom stereocenters. The number of amides is 1. The first kappa shape index (κ1) is 12.5. The van der Waals surface area contributed by atoms with Crippen LogP contribution in [0.25, 0.3) is 0 Å². The fourth-order valence-electron chi connectivity index (χ4n) is 2.05. The third-order valence-electron chi connectivity index (χ3n) is 3.51. The van der Waals surface area contributed by atoms with E-state index >= 15 is 0 Å². The molecule has 2 rings (SSSR count). The fourth-order valence-corrected chi connectivity index (χ4v) is 2.05. The molecule has 3 unspecified atom stereocenters. The number of rotatable bonds is 4. The summed E-state index contributed by atoms with van der Waals surface area (Å²) in [4.78, 5) is 28.3. The van der Waals surface area contributed by atoms with Gasteiger partial charge in [0.1, 0.15) is 6.04 Å². The van der Waals surface area contributed by atoms with E-state index in [0.29, 0.717) is 0 Å². The molecule has 1 aliphatic carbocycles. The van der Waals surface area contributed by atoms with Crippen molar-refractivity contribution in [2.75, 3.05) is 7.05 Å². The Morgan fingerprint density at radius 3 is 2.83 bits per heavy atom. The van der Waals surface area contributed by atoms with Gasteiger partial charge in [0.15, 0.2) is 0 Å². The van der Waals surface area contributed by atoms with Crippen LogP contribution in [0.2, 0.25) is 0 Å². The number of likely N-dealkylation sites (N-methyl/N-ethyl adjacent to an activating group) is 1.